The van der Waals surface area contributed by atoms with Crippen molar-refractivity contribution in [2.24, 2.45) is 5.92 Å². The predicted molar refractivity (Wildman–Crippen MR) is 95.3 cm³/mol. The van der Waals surface area contributed by atoms with Gasteiger partial charge in [0.2, 0.25) is 0 Å². The highest BCUT2D eigenvalue weighted by atomic mass is 35.5. The first-order chi connectivity index (χ1) is 10.9. The largest absolute Gasteiger partial charge is 0.480 e. The van der Waals surface area contributed by atoms with Crippen LogP contribution in [0.25, 0.3) is 11.3 Å². The van der Waals surface area contributed by atoms with Crippen LogP contribution in [-0.2, 0) is 11.3 Å². The summed E-state index contributed by atoms with van der Waals surface area (Å²) in [4.78, 5) is 15.8. The number of carboxylic acid groups (broad SMARTS) is 1. The van der Waals surface area contributed by atoms with E-state index in [1.807, 2.05) is 19.2 Å². The highest BCUT2D eigenvalue weighted by molar-refractivity contribution is 7.09. The smallest absolute Gasteiger partial charge is 0.320 e. The average molecular weight is 373 g/mol. The molecular formula is C16H18Cl2N2O2S. The van der Waals surface area contributed by atoms with Crippen LogP contribution in [0.1, 0.15) is 25.3 Å². The number of hydrogen-bond donors (Lipinski definition) is 2. The zero-order valence-corrected chi connectivity index (χ0v) is 15.2. The number of nitrogens with zero attached hydrogens (tertiary/aromatic N) is 1. The summed E-state index contributed by atoms with van der Waals surface area (Å²) >= 11 is 13.6. The molecule has 0 amide bonds. The standard InChI is InChI=1S/C16H18Cl2N2O2S/c1-9(2)5-13(16(21)22)19-7-15-20-14(8-23-15)11-6-10(17)3-4-12(11)18/h3-4,6,8-9,13,19H,5,7H2,1-2H3,(H,21,22). The fourth-order valence-electron chi connectivity index (χ4n) is 2.16. The highest BCUT2D eigenvalue weighted by Crippen LogP contribution is 2.31. The van der Waals surface area contributed by atoms with Crippen molar-refractivity contribution in [3.05, 3.63) is 38.6 Å². The van der Waals surface area contributed by atoms with Gasteiger partial charge >= 0.3 is 5.97 Å². The summed E-state index contributed by atoms with van der Waals surface area (Å²) in [6, 6.07) is 4.66. The number of rotatable bonds is 7. The van der Waals surface area contributed by atoms with E-state index >= 15 is 0 Å². The Labute approximate surface area is 149 Å². The molecule has 0 spiro atoms. The molecule has 2 rings (SSSR count). The number of aliphatic carboxylic acids is 1. The van der Waals surface area contributed by atoms with Gasteiger partial charge in [-0.15, -0.1) is 11.3 Å². The molecule has 1 aromatic heterocycles. The quantitative estimate of drug-likeness (QED) is 0.738. The Morgan fingerprint density at radius 2 is 2.13 bits per heavy atom. The fraction of sp³-hybridized carbons (Fsp3) is 0.375. The molecule has 23 heavy (non-hydrogen) atoms. The zero-order valence-electron chi connectivity index (χ0n) is 12.8. The molecule has 0 saturated heterocycles. The van der Waals surface area contributed by atoms with E-state index in [-0.39, 0.29) is 0 Å². The van der Waals surface area contributed by atoms with Crippen molar-refractivity contribution in [3.63, 3.8) is 0 Å². The van der Waals surface area contributed by atoms with Gasteiger partial charge in [0, 0.05) is 22.5 Å². The number of nitrogens with one attached hydrogen (secondary N) is 1. The van der Waals surface area contributed by atoms with Crippen molar-refractivity contribution in [3.8, 4) is 11.3 Å². The number of thiazole rings is 1. The van der Waals surface area contributed by atoms with Gasteiger partial charge in [0.1, 0.15) is 11.0 Å². The predicted octanol–water partition coefficient (Wildman–Crippen LogP) is 4.71. The number of aromatic nitrogens is 1. The van der Waals surface area contributed by atoms with Crippen LogP contribution in [0.5, 0.6) is 0 Å². The SMILES string of the molecule is CC(C)CC(NCc1nc(-c2cc(Cl)ccc2Cl)cs1)C(=O)O. The molecule has 0 bridgehead atoms. The minimum Gasteiger partial charge on any atom is -0.480 e. The number of hydrogen-bond acceptors (Lipinski definition) is 4. The van der Waals surface area contributed by atoms with E-state index < -0.39 is 12.0 Å². The first-order valence-electron chi connectivity index (χ1n) is 7.23. The van der Waals surface area contributed by atoms with E-state index in [2.05, 4.69) is 10.3 Å². The molecule has 0 radical (unpaired) electrons. The van der Waals surface area contributed by atoms with Crippen molar-refractivity contribution < 1.29 is 9.90 Å². The van der Waals surface area contributed by atoms with Crippen LogP contribution in [0.15, 0.2) is 23.6 Å². The summed E-state index contributed by atoms with van der Waals surface area (Å²) in [6.07, 6.45) is 0.577. The average Bonchev–Trinajstić information content (AvgIpc) is 2.94. The van der Waals surface area contributed by atoms with Crippen molar-refractivity contribution in [1.29, 1.82) is 0 Å². The topological polar surface area (TPSA) is 62.2 Å². The summed E-state index contributed by atoms with van der Waals surface area (Å²) in [6.45, 7) is 4.41. The second kappa shape index (κ2) is 8.11. The van der Waals surface area contributed by atoms with E-state index in [4.69, 9.17) is 23.2 Å². The molecule has 2 aromatic rings. The molecule has 0 fully saturated rings. The van der Waals surface area contributed by atoms with Crippen LogP contribution in [0.3, 0.4) is 0 Å². The molecule has 2 N–H and O–H groups in total. The lowest BCUT2D eigenvalue weighted by Gasteiger charge is -2.15. The number of benzene rings is 1. The Balaban J connectivity index is 2.07. The first-order valence-corrected chi connectivity index (χ1v) is 8.86. The Morgan fingerprint density at radius 1 is 1.39 bits per heavy atom. The van der Waals surface area contributed by atoms with Crippen LogP contribution >= 0.6 is 34.5 Å². The van der Waals surface area contributed by atoms with Gasteiger partial charge in [-0.1, -0.05) is 37.0 Å². The van der Waals surface area contributed by atoms with Crippen molar-refractivity contribution in [2.45, 2.75) is 32.9 Å². The van der Waals surface area contributed by atoms with Crippen molar-refractivity contribution in [2.75, 3.05) is 0 Å². The van der Waals surface area contributed by atoms with Gasteiger partial charge in [-0.25, -0.2) is 4.98 Å². The summed E-state index contributed by atoms with van der Waals surface area (Å²) in [5, 5.41) is 16.2. The molecule has 1 aromatic carbocycles. The van der Waals surface area contributed by atoms with Gasteiger partial charge in [-0.3, -0.25) is 10.1 Å². The number of carbonyl (C=O) groups is 1. The Bertz CT molecular complexity index is 688. The van der Waals surface area contributed by atoms with Crippen molar-refractivity contribution in [1.82, 2.24) is 10.3 Å². The molecule has 0 aliphatic heterocycles. The monoisotopic (exact) mass is 372 g/mol. The Morgan fingerprint density at radius 3 is 2.78 bits per heavy atom. The van der Waals surface area contributed by atoms with Gasteiger partial charge in [0.25, 0.3) is 0 Å². The fourth-order valence-corrected chi connectivity index (χ4v) is 3.29. The van der Waals surface area contributed by atoms with Crippen LogP contribution < -0.4 is 5.32 Å². The van der Waals surface area contributed by atoms with Crippen LogP contribution in [0, 0.1) is 5.92 Å². The maximum Gasteiger partial charge on any atom is 0.320 e. The third kappa shape index (κ3) is 5.18. The lowest BCUT2D eigenvalue weighted by molar-refractivity contribution is -0.140. The molecular weight excluding hydrogens is 355 g/mol. The van der Waals surface area contributed by atoms with Crippen molar-refractivity contribution >= 4 is 40.5 Å². The van der Waals surface area contributed by atoms with Gasteiger partial charge < -0.3 is 5.11 Å². The summed E-state index contributed by atoms with van der Waals surface area (Å²) in [5.74, 6) is -0.533. The van der Waals surface area contributed by atoms with E-state index in [0.29, 0.717) is 28.9 Å². The Kier molecular flexibility index (Phi) is 6.41. The normalized spacial score (nSPS) is 12.6. The molecule has 0 saturated carbocycles. The van der Waals surface area contributed by atoms with Gasteiger partial charge in [-0.2, -0.15) is 0 Å². The van der Waals surface area contributed by atoms with E-state index in [0.717, 1.165) is 16.3 Å². The number of carboxylic acids is 1. The van der Waals surface area contributed by atoms with Gasteiger partial charge in [0.05, 0.1) is 10.7 Å². The van der Waals surface area contributed by atoms with Gasteiger partial charge in [0.15, 0.2) is 0 Å². The second-order valence-corrected chi connectivity index (χ2v) is 7.44. The van der Waals surface area contributed by atoms with E-state index in [1.165, 1.54) is 11.3 Å². The van der Waals surface area contributed by atoms with Crippen LogP contribution in [0.4, 0.5) is 0 Å². The van der Waals surface area contributed by atoms with E-state index in [1.54, 1.807) is 18.2 Å². The third-order valence-corrected chi connectivity index (χ3v) is 4.67. The third-order valence-electron chi connectivity index (χ3n) is 3.26. The summed E-state index contributed by atoms with van der Waals surface area (Å²) in [5.41, 5.74) is 1.52. The minimum absolute atomic E-state index is 0.306. The summed E-state index contributed by atoms with van der Waals surface area (Å²) < 4.78 is 0. The zero-order chi connectivity index (χ0) is 17.0. The lowest BCUT2D eigenvalue weighted by Crippen LogP contribution is -2.37. The molecule has 1 atom stereocenters. The lowest BCUT2D eigenvalue weighted by atomic mass is 10.0. The Hall–Kier alpha value is -1.14. The van der Waals surface area contributed by atoms with Crippen LogP contribution in [0.2, 0.25) is 10.0 Å². The molecule has 124 valence electrons. The second-order valence-electron chi connectivity index (χ2n) is 5.65. The van der Waals surface area contributed by atoms with Crippen LogP contribution in [-0.4, -0.2) is 22.1 Å². The molecule has 0 aliphatic carbocycles. The first kappa shape index (κ1) is 18.2. The maximum absolute atomic E-state index is 11.3. The molecule has 7 heteroatoms. The molecule has 1 unspecified atom stereocenters. The minimum atomic E-state index is -0.839. The maximum atomic E-state index is 11.3. The summed E-state index contributed by atoms with van der Waals surface area (Å²) in [7, 11) is 0. The number of halogens is 2. The molecule has 4 nitrogen and oxygen atoms in total. The highest BCUT2D eigenvalue weighted by Gasteiger charge is 2.19. The van der Waals surface area contributed by atoms with Gasteiger partial charge in [-0.05, 0) is 30.5 Å². The molecule has 0 aliphatic rings. The van der Waals surface area contributed by atoms with E-state index in [9.17, 15) is 9.90 Å². The molecule has 1 heterocycles.